The molecule has 0 saturated carbocycles. The first-order chi connectivity index (χ1) is 11.1. The summed E-state index contributed by atoms with van der Waals surface area (Å²) in [6.07, 6.45) is -10.4. The van der Waals surface area contributed by atoms with Gasteiger partial charge < -0.3 is 10.1 Å². The SMILES string of the molecule is FC(F)(F)CC[C@H](c1cccc(OC(F)(F)F)c1)N1CCNCC1. The van der Waals surface area contributed by atoms with Gasteiger partial charge in [-0.1, -0.05) is 12.1 Å². The van der Waals surface area contributed by atoms with E-state index in [4.69, 9.17) is 0 Å². The Balaban J connectivity index is 2.20. The van der Waals surface area contributed by atoms with Gasteiger partial charge in [-0.3, -0.25) is 4.90 Å². The van der Waals surface area contributed by atoms with Crippen molar-refractivity contribution in [2.75, 3.05) is 26.2 Å². The number of rotatable bonds is 5. The minimum atomic E-state index is -4.84. The fourth-order valence-corrected chi connectivity index (χ4v) is 2.77. The molecule has 0 bridgehead atoms. The summed E-state index contributed by atoms with van der Waals surface area (Å²) in [5, 5.41) is 3.10. The molecule has 3 nitrogen and oxygen atoms in total. The van der Waals surface area contributed by atoms with Gasteiger partial charge in [-0.25, -0.2) is 0 Å². The van der Waals surface area contributed by atoms with Crippen molar-refractivity contribution in [2.45, 2.75) is 31.4 Å². The summed E-state index contributed by atoms with van der Waals surface area (Å²) in [4.78, 5) is 1.86. The molecule has 0 aliphatic carbocycles. The normalized spacial score (nSPS) is 18.4. The molecule has 1 atom stereocenters. The molecule has 1 fully saturated rings. The number of nitrogens with one attached hydrogen (secondary N) is 1. The summed E-state index contributed by atoms with van der Waals surface area (Å²) in [6.45, 7) is 2.32. The molecular formula is C15H18F6N2O. The van der Waals surface area contributed by atoms with Crippen molar-refractivity contribution in [3.63, 3.8) is 0 Å². The third-order valence-corrected chi connectivity index (χ3v) is 3.77. The van der Waals surface area contributed by atoms with Crippen LogP contribution in [0.5, 0.6) is 5.75 Å². The van der Waals surface area contributed by atoms with Crippen molar-refractivity contribution in [3.8, 4) is 5.75 Å². The molecule has 136 valence electrons. The molecule has 24 heavy (non-hydrogen) atoms. The highest BCUT2D eigenvalue weighted by atomic mass is 19.4. The maximum absolute atomic E-state index is 12.6. The molecule has 2 rings (SSSR count). The van der Waals surface area contributed by atoms with Crippen LogP contribution in [0.25, 0.3) is 0 Å². The number of nitrogens with zero attached hydrogens (tertiary/aromatic N) is 1. The maximum atomic E-state index is 12.6. The Morgan fingerprint density at radius 1 is 1.08 bits per heavy atom. The van der Waals surface area contributed by atoms with Crippen LogP contribution in [0, 0.1) is 0 Å². The van der Waals surface area contributed by atoms with Crippen LogP contribution >= 0.6 is 0 Å². The second-order valence-corrected chi connectivity index (χ2v) is 5.58. The van der Waals surface area contributed by atoms with Crippen molar-refractivity contribution < 1.29 is 31.1 Å². The number of benzene rings is 1. The Hall–Kier alpha value is -1.48. The average molecular weight is 356 g/mol. The standard InChI is InChI=1S/C15H18F6N2O/c16-14(17,18)5-4-13(23-8-6-22-7-9-23)11-2-1-3-12(10-11)24-15(19,20)21/h1-3,10,13,22H,4-9H2/t13-/m1/s1. The van der Waals surface area contributed by atoms with Gasteiger partial charge in [0.1, 0.15) is 5.75 Å². The molecule has 0 radical (unpaired) electrons. The van der Waals surface area contributed by atoms with Gasteiger partial charge >= 0.3 is 12.5 Å². The lowest BCUT2D eigenvalue weighted by Gasteiger charge is -2.35. The van der Waals surface area contributed by atoms with Crippen LogP contribution in [0.2, 0.25) is 0 Å². The van der Waals surface area contributed by atoms with E-state index in [1.165, 1.54) is 12.1 Å². The zero-order valence-electron chi connectivity index (χ0n) is 12.8. The topological polar surface area (TPSA) is 24.5 Å². The Morgan fingerprint density at radius 3 is 2.33 bits per heavy atom. The third kappa shape index (κ3) is 6.20. The number of ether oxygens (including phenoxy) is 1. The van der Waals surface area contributed by atoms with Gasteiger partial charge in [-0.2, -0.15) is 13.2 Å². The Labute approximate surface area is 135 Å². The number of hydrogen-bond acceptors (Lipinski definition) is 3. The highest BCUT2D eigenvalue weighted by Gasteiger charge is 2.33. The van der Waals surface area contributed by atoms with Crippen LogP contribution < -0.4 is 10.1 Å². The molecule has 1 heterocycles. The molecular weight excluding hydrogens is 338 g/mol. The molecule has 0 spiro atoms. The van der Waals surface area contributed by atoms with E-state index in [2.05, 4.69) is 10.1 Å². The Morgan fingerprint density at radius 2 is 1.75 bits per heavy atom. The lowest BCUT2D eigenvalue weighted by molar-refractivity contribution is -0.274. The summed E-state index contributed by atoms with van der Waals surface area (Å²) in [7, 11) is 0. The molecule has 1 aliphatic heterocycles. The predicted octanol–water partition coefficient (Wildman–Crippen LogP) is 3.87. The zero-order valence-corrected chi connectivity index (χ0v) is 12.8. The van der Waals surface area contributed by atoms with Crippen molar-refractivity contribution >= 4 is 0 Å². The van der Waals surface area contributed by atoms with Gasteiger partial charge in [0.25, 0.3) is 0 Å². The van der Waals surface area contributed by atoms with Crippen molar-refractivity contribution in [1.29, 1.82) is 0 Å². The van der Waals surface area contributed by atoms with E-state index in [-0.39, 0.29) is 6.42 Å². The fourth-order valence-electron chi connectivity index (χ4n) is 2.77. The van der Waals surface area contributed by atoms with Crippen LogP contribution in [0.4, 0.5) is 26.3 Å². The smallest absolute Gasteiger partial charge is 0.406 e. The fraction of sp³-hybridized carbons (Fsp3) is 0.600. The highest BCUT2D eigenvalue weighted by molar-refractivity contribution is 5.31. The molecule has 1 aliphatic rings. The molecule has 1 saturated heterocycles. The second kappa shape index (κ2) is 7.60. The Bertz CT molecular complexity index is 525. The second-order valence-electron chi connectivity index (χ2n) is 5.58. The van der Waals surface area contributed by atoms with E-state index in [0.717, 1.165) is 12.1 Å². The molecule has 0 aromatic heterocycles. The third-order valence-electron chi connectivity index (χ3n) is 3.77. The van der Waals surface area contributed by atoms with Gasteiger partial charge in [0.05, 0.1) is 0 Å². The summed E-state index contributed by atoms with van der Waals surface area (Å²) in [5.74, 6) is -0.424. The minimum absolute atomic E-state index is 0.209. The highest BCUT2D eigenvalue weighted by Crippen LogP contribution is 2.34. The zero-order chi connectivity index (χ0) is 17.8. The van der Waals surface area contributed by atoms with E-state index in [0.29, 0.717) is 31.7 Å². The summed E-state index contributed by atoms with van der Waals surface area (Å²) >= 11 is 0. The average Bonchev–Trinajstić information content (AvgIpc) is 2.46. The van der Waals surface area contributed by atoms with Crippen LogP contribution in [-0.4, -0.2) is 43.6 Å². The Kier molecular flexibility index (Phi) is 5.97. The first kappa shape index (κ1) is 18.9. The monoisotopic (exact) mass is 356 g/mol. The van der Waals surface area contributed by atoms with Gasteiger partial charge in [-0.15, -0.1) is 13.2 Å². The van der Waals surface area contributed by atoms with E-state index in [9.17, 15) is 26.3 Å². The quantitative estimate of drug-likeness (QED) is 0.811. The van der Waals surface area contributed by atoms with Gasteiger partial charge in [-0.05, 0) is 24.1 Å². The number of halogens is 6. The van der Waals surface area contributed by atoms with E-state index < -0.39 is 30.8 Å². The number of piperazine rings is 1. The predicted molar refractivity (Wildman–Crippen MR) is 75.6 cm³/mol. The first-order valence-electron chi connectivity index (χ1n) is 7.51. The van der Waals surface area contributed by atoms with E-state index >= 15 is 0 Å². The first-order valence-corrected chi connectivity index (χ1v) is 7.51. The molecule has 0 amide bonds. The molecule has 1 aromatic rings. The van der Waals surface area contributed by atoms with E-state index in [1.807, 2.05) is 4.90 Å². The summed E-state index contributed by atoms with van der Waals surface area (Å²) < 4.78 is 78.7. The lowest BCUT2D eigenvalue weighted by atomic mass is 9.99. The lowest BCUT2D eigenvalue weighted by Crippen LogP contribution is -2.45. The van der Waals surface area contributed by atoms with Crippen LogP contribution in [0.1, 0.15) is 24.4 Å². The maximum Gasteiger partial charge on any atom is 0.573 e. The van der Waals surface area contributed by atoms with Crippen molar-refractivity contribution in [3.05, 3.63) is 29.8 Å². The molecule has 1 N–H and O–H groups in total. The minimum Gasteiger partial charge on any atom is -0.406 e. The largest absolute Gasteiger partial charge is 0.573 e. The molecule has 1 aromatic carbocycles. The van der Waals surface area contributed by atoms with Gasteiger partial charge in [0.15, 0.2) is 0 Å². The molecule has 9 heteroatoms. The van der Waals surface area contributed by atoms with Gasteiger partial charge in [0.2, 0.25) is 0 Å². The van der Waals surface area contributed by atoms with Crippen LogP contribution in [0.3, 0.4) is 0 Å². The van der Waals surface area contributed by atoms with Gasteiger partial charge in [0, 0.05) is 38.6 Å². The number of hydrogen-bond donors (Lipinski definition) is 1. The van der Waals surface area contributed by atoms with Crippen LogP contribution in [-0.2, 0) is 0 Å². The van der Waals surface area contributed by atoms with E-state index in [1.54, 1.807) is 0 Å². The van der Waals surface area contributed by atoms with Crippen molar-refractivity contribution in [2.24, 2.45) is 0 Å². The van der Waals surface area contributed by atoms with Crippen molar-refractivity contribution in [1.82, 2.24) is 10.2 Å². The van der Waals surface area contributed by atoms with Crippen LogP contribution in [0.15, 0.2) is 24.3 Å². The molecule has 0 unspecified atom stereocenters. The number of alkyl halides is 6. The summed E-state index contributed by atoms with van der Waals surface area (Å²) in [5.41, 5.74) is 0.392. The summed E-state index contributed by atoms with van der Waals surface area (Å²) in [6, 6.07) is 4.59.